The van der Waals surface area contributed by atoms with Crippen LogP contribution < -0.4 is 0 Å². The Kier molecular flexibility index (Phi) is 6.52. The largest absolute Gasteiger partial charge is 0.456 e. The van der Waals surface area contributed by atoms with E-state index in [1.807, 2.05) is 54.6 Å². The Morgan fingerprint density at radius 3 is 1.57 bits per heavy atom. The number of nitrogens with zero attached hydrogens (tertiary/aromatic N) is 3. The van der Waals surface area contributed by atoms with E-state index in [9.17, 15) is 0 Å². The molecule has 4 heteroatoms. The lowest BCUT2D eigenvalue weighted by Gasteiger charge is -2.30. The average molecular weight is 714 g/mol. The lowest BCUT2D eigenvalue weighted by atomic mass is 9.70. The molecule has 0 atom stereocenters. The van der Waals surface area contributed by atoms with E-state index in [-0.39, 0.29) is 0 Å². The van der Waals surface area contributed by atoms with Crippen LogP contribution in [0.1, 0.15) is 22.3 Å². The minimum Gasteiger partial charge on any atom is -0.456 e. The zero-order valence-electron chi connectivity index (χ0n) is 30.1. The summed E-state index contributed by atoms with van der Waals surface area (Å²) >= 11 is 0. The monoisotopic (exact) mass is 713 g/mol. The van der Waals surface area contributed by atoms with Crippen LogP contribution in [0.25, 0.3) is 89.5 Å². The highest BCUT2D eigenvalue weighted by Gasteiger charge is 2.51. The van der Waals surface area contributed by atoms with Crippen LogP contribution in [0.3, 0.4) is 0 Å². The molecule has 0 N–H and O–H groups in total. The molecule has 0 bridgehead atoms. The van der Waals surface area contributed by atoms with Gasteiger partial charge in [-0.25, -0.2) is 15.0 Å². The predicted octanol–water partition coefficient (Wildman–Crippen LogP) is 12.8. The molecule has 1 spiro atoms. The van der Waals surface area contributed by atoms with E-state index >= 15 is 0 Å². The average Bonchev–Trinajstić information content (AvgIpc) is 3.90. The summed E-state index contributed by atoms with van der Waals surface area (Å²) in [6.45, 7) is 0. The summed E-state index contributed by atoms with van der Waals surface area (Å²) in [6, 6.07) is 66.8. The molecule has 2 aliphatic rings. The third kappa shape index (κ3) is 4.32. The smallest absolute Gasteiger partial charge is 0.164 e. The highest BCUT2D eigenvalue weighted by Crippen LogP contribution is 2.63. The number of aromatic nitrogens is 3. The Balaban J connectivity index is 1.04. The third-order valence-corrected chi connectivity index (χ3v) is 11.8. The summed E-state index contributed by atoms with van der Waals surface area (Å²) < 4.78 is 6.27. The van der Waals surface area contributed by atoms with Crippen LogP contribution in [0.5, 0.6) is 0 Å². The van der Waals surface area contributed by atoms with Gasteiger partial charge in [-0.05, 0) is 79.9 Å². The van der Waals surface area contributed by atoms with Gasteiger partial charge in [-0.15, -0.1) is 0 Å². The van der Waals surface area contributed by atoms with Crippen molar-refractivity contribution in [2.24, 2.45) is 0 Å². The molecular formula is C52H31N3O. The van der Waals surface area contributed by atoms with Gasteiger partial charge in [0.25, 0.3) is 0 Å². The maximum Gasteiger partial charge on any atom is 0.164 e. The molecule has 0 radical (unpaired) electrons. The van der Waals surface area contributed by atoms with Gasteiger partial charge in [-0.1, -0.05) is 164 Å². The first kappa shape index (κ1) is 31.0. The first-order valence-corrected chi connectivity index (χ1v) is 19.0. The van der Waals surface area contributed by atoms with E-state index in [4.69, 9.17) is 19.4 Å². The zero-order valence-corrected chi connectivity index (χ0v) is 30.1. The van der Waals surface area contributed by atoms with Crippen molar-refractivity contribution in [1.82, 2.24) is 15.0 Å². The number of hydrogen-bond donors (Lipinski definition) is 0. The van der Waals surface area contributed by atoms with E-state index < -0.39 is 5.41 Å². The van der Waals surface area contributed by atoms with E-state index in [0.717, 1.165) is 44.2 Å². The lowest BCUT2D eigenvalue weighted by molar-refractivity contribution is 0.669. The summed E-state index contributed by atoms with van der Waals surface area (Å²) in [4.78, 5) is 15.3. The minimum atomic E-state index is -0.401. The molecular weight excluding hydrogens is 683 g/mol. The van der Waals surface area contributed by atoms with Gasteiger partial charge in [-0.3, -0.25) is 0 Å². The second-order valence-electron chi connectivity index (χ2n) is 14.7. The van der Waals surface area contributed by atoms with Gasteiger partial charge in [0.05, 0.1) is 5.41 Å². The molecule has 10 aromatic rings. The molecule has 4 nitrogen and oxygen atoms in total. The van der Waals surface area contributed by atoms with Crippen molar-refractivity contribution in [3.63, 3.8) is 0 Å². The molecule has 2 aromatic heterocycles. The molecule has 12 rings (SSSR count). The van der Waals surface area contributed by atoms with E-state index in [1.165, 1.54) is 50.1 Å². The number of fused-ring (bicyclic) bond motifs is 13. The fourth-order valence-electron chi connectivity index (χ4n) is 9.43. The summed E-state index contributed by atoms with van der Waals surface area (Å²) in [5.74, 6) is 1.83. The highest BCUT2D eigenvalue weighted by molar-refractivity contribution is 6.06. The van der Waals surface area contributed by atoms with Crippen LogP contribution in [0.4, 0.5) is 0 Å². The van der Waals surface area contributed by atoms with E-state index in [1.54, 1.807) is 0 Å². The van der Waals surface area contributed by atoms with E-state index in [2.05, 4.69) is 133 Å². The Morgan fingerprint density at radius 2 is 0.821 bits per heavy atom. The molecule has 8 aromatic carbocycles. The Morgan fingerprint density at radius 1 is 0.321 bits per heavy atom. The van der Waals surface area contributed by atoms with Gasteiger partial charge in [-0.2, -0.15) is 0 Å². The SMILES string of the molecule is c1ccc(-c2nc(-c3cccc(-c4cccc5c4-c4ccccc4C54c5ccccc5-c5ccccc54)c3)nc(-c3ccc4c(c3)oc3ccccc34)n2)cc1. The molecule has 0 aliphatic heterocycles. The highest BCUT2D eigenvalue weighted by atomic mass is 16.3. The zero-order chi connectivity index (χ0) is 36.8. The first-order chi connectivity index (χ1) is 27.8. The Bertz CT molecular complexity index is 3170. The van der Waals surface area contributed by atoms with Crippen molar-refractivity contribution in [3.8, 4) is 67.5 Å². The number of para-hydroxylation sites is 1. The van der Waals surface area contributed by atoms with Gasteiger partial charge in [0.2, 0.25) is 0 Å². The Hall–Kier alpha value is -7.43. The van der Waals surface area contributed by atoms with Crippen molar-refractivity contribution < 1.29 is 4.42 Å². The fraction of sp³-hybridized carbons (Fsp3) is 0.0192. The second kappa shape index (κ2) is 11.8. The maximum absolute atomic E-state index is 6.27. The summed E-state index contributed by atoms with van der Waals surface area (Å²) in [7, 11) is 0. The van der Waals surface area contributed by atoms with Gasteiger partial charge >= 0.3 is 0 Å². The number of rotatable bonds is 4. The van der Waals surface area contributed by atoms with Crippen molar-refractivity contribution in [2.75, 3.05) is 0 Å². The minimum absolute atomic E-state index is 0.401. The standard InChI is InChI=1S/C52H31N3O/c1-2-14-32(15-3-1)49-53-50(55-51(54-49)35-28-29-40-39-20-7-11-27-46(39)56-47(40)31-35)34-17-12-16-33(30-34)36-22-13-26-45-48(36)41-21-6-10-25-44(41)52(45)42-23-8-4-18-37(42)38-19-5-9-24-43(38)52/h1-31H. The quantitative estimate of drug-likeness (QED) is 0.182. The van der Waals surface area contributed by atoms with Crippen LogP contribution in [-0.2, 0) is 5.41 Å². The summed E-state index contributed by atoms with van der Waals surface area (Å²) in [5.41, 5.74) is 16.7. The molecule has 0 unspecified atom stereocenters. The molecule has 2 heterocycles. The predicted molar refractivity (Wildman–Crippen MR) is 225 cm³/mol. The topological polar surface area (TPSA) is 51.8 Å². The number of furan rings is 1. The maximum atomic E-state index is 6.27. The van der Waals surface area contributed by atoms with Crippen molar-refractivity contribution in [3.05, 3.63) is 210 Å². The van der Waals surface area contributed by atoms with Gasteiger partial charge in [0, 0.05) is 27.5 Å². The summed E-state index contributed by atoms with van der Waals surface area (Å²) in [6.07, 6.45) is 0. The number of benzene rings is 8. The van der Waals surface area contributed by atoms with Gasteiger partial charge < -0.3 is 4.42 Å². The summed E-state index contributed by atoms with van der Waals surface area (Å²) in [5, 5.41) is 2.16. The molecule has 0 saturated carbocycles. The van der Waals surface area contributed by atoms with Crippen molar-refractivity contribution in [2.45, 2.75) is 5.41 Å². The normalized spacial score (nSPS) is 13.1. The second-order valence-corrected chi connectivity index (χ2v) is 14.7. The van der Waals surface area contributed by atoms with Crippen molar-refractivity contribution >= 4 is 21.9 Å². The van der Waals surface area contributed by atoms with Crippen LogP contribution in [0.2, 0.25) is 0 Å². The lowest BCUT2D eigenvalue weighted by Crippen LogP contribution is -2.25. The van der Waals surface area contributed by atoms with E-state index in [0.29, 0.717) is 17.5 Å². The molecule has 56 heavy (non-hydrogen) atoms. The van der Waals surface area contributed by atoms with Gasteiger partial charge in [0.15, 0.2) is 17.5 Å². The van der Waals surface area contributed by atoms with Gasteiger partial charge in [0.1, 0.15) is 11.2 Å². The van der Waals surface area contributed by atoms with Crippen LogP contribution >= 0.6 is 0 Å². The third-order valence-electron chi connectivity index (χ3n) is 11.8. The van der Waals surface area contributed by atoms with Crippen LogP contribution in [0, 0.1) is 0 Å². The fourth-order valence-corrected chi connectivity index (χ4v) is 9.43. The van der Waals surface area contributed by atoms with Crippen LogP contribution in [-0.4, -0.2) is 15.0 Å². The van der Waals surface area contributed by atoms with Crippen molar-refractivity contribution in [1.29, 1.82) is 0 Å². The Labute approximate surface area is 323 Å². The molecule has 0 fully saturated rings. The number of hydrogen-bond acceptors (Lipinski definition) is 4. The molecule has 2 aliphatic carbocycles. The van der Waals surface area contributed by atoms with Crippen LogP contribution in [0.15, 0.2) is 192 Å². The molecule has 0 saturated heterocycles. The molecule has 0 amide bonds. The molecule has 260 valence electrons. The first-order valence-electron chi connectivity index (χ1n) is 19.0.